The van der Waals surface area contributed by atoms with Crippen LogP contribution in [-0.4, -0.2) is 15.1 Å². The van der Waals surface area contributed by atoms with Gasteiger partial charge in [-0.2, -0.15) is 0 Å². The highest BCUT2D eigenvalue weighted by molar-refractivity contribution is 8.13. The lowest BCUT2D eigenvalue weighted by Gasteiger charge is -2.17. The maximum absolute atomic E-state index is 12.7. The van der Waals surface area contributed by atoms with Crippen LogP contribution in [-0.2, 0) is 18.6 Å². The number of fused-ring (bicyclic) bond motifs is 3. The first-order chi connectivity index (χ1) is 13.5. The molecule has 0 bridgehead atoms. The lowest BCUT2D eigenvalue weighted by atomic mass is 9.89. The minimum atomic E-state index is -0.0270. The summed E-state index contributed by atoms with van der Waals surface area (Å²) in [4.78, 5) is 27.0. The van der Waals surface area contributed by atoms with Crippen molar-refractivity contribution in [3.8, 4) is 0 Å². The molecular weight excluding hydrogens is 388 g/mol. The van der Waals surface area contributed by atoms with E-state index >= 15 is 0 Å². The van der Waals surface area contributed by atoms with Gasteiger partial charge in [-0.1, -0.05) is 49.0 Å². The van der Waals surface area contributed by atoms with Crippen LogP contribution in [0.25, 0.3) is 10.2 Å². The molecule has 5 nitrogen and oxygen atoms in total. The van der Waals surface area contributed by atoms with Gasteiger partial charge in [0.1, 0.15) is 10.7 Å². The van der Waals surface area contributed by atoms with Crippen molar-refractivity contribution in [1.82, 2.24) is 9.97 Å². The second kappa shape index (κ2) is 8.09. The van der Waals surface area contributed by atoms with Gasteiger partial charge >= 0.3 is 0 Å². The third-order valence-corrected chi connectivity index (χ3v) is 7.14. The van der Waals surface area contributed by atoms with Gasteiger partial charge in [0.05, 0.1) is 17.2 Å². The summed E-state index contributed by atoms with van der Waals surface area (Å²) in [5.41, 5.74) is 8.41. The van der Waals surface area contributed by atoms with E-state index in [2.05, 4.69) is 16.9 Å². The molecule has 28 heavy (non-hydrogen) atoms. The SMILES string of the molecule is C[C@@H]1CCc2c(sc3nc(CSC(N)=N[C@H](C)c4ccccc4)[nH]c(=O)c23)C1. The largest absolute Gasteiger partial charge is 0.379 e. The summed E-state index contributed by atoms with van der Waals surface area (Å²) in [6, 6.07) is 10.1. The molecule has 0 radical (unpaired) electrons. The lowest BCUT2D eigenvalue weighted by molar-refractivity contribution is 0.509. The van der Waals surface area contributed by atoms with Crippen LogP contribution in [0.3, 0.4) is 0 Å². The van der Waals surface area contributed by atoms with Crippen LogP contribution in [0.5, 0.6) is 0 Å². The van der Waals surface area contributed by atoms with E-state index in [-0.39, 0.29) is 11.6 Å². The van der Waals surface area contributed by atoms with Crippen LogP contribution in [0.1, 0.15) is 48.1 Å². The number of thiophene rings is 1. The molecular formula is C21H24N4OS2. The number of aryl methyl sites for hydroxylation is 1. The van der Waals surface area contributed by atoms with Crippen LogP contribution in [0.15, 0.2) is 40.1 Å². The molecule has 2 heterocycles. The number of H-pyrrole nitrogens is 1. The van der Waals surface area contributed by atoms with E-state index in [9.17, 15) is 4.79 Å². The molecule has 1 aromatic carbocycles. The number of thioether (sulfide) groups is 1. The van der Waals surface area contributed by atoms with E-state index in [4.69, 9.17) is 10.7 Å². The van der Waals surface area contributed by atoms with E-state index in [0.29, 0.717) is 22.7 Å². The summed E-state index contributed by atoms with van der Waals surface area (Å²) in [6.45, 7) is 4.29. The Bertz CT molecular complexity index is 1070. The van der Waals surface area contributed by atoms with Crippen molar-refractivity contribution in [1.29, 1.82) is 0 Å². The average Bonchev–Trinajstić information content (AvgIpc) is 3.04. The summed E-state index contributed by atoms with van der Waals surface area (Å²) in [5, 5.41) is 1.29. The molecule has 0 spiro atoms. The summed E-state index contributed by atoms with van der Waals surface area (Å²) in [7, 11) is 0. The van der Waals surface area contributed by atoms with Crippen molar-refractivity contribution in [3.05, 3.63) is 62.5 Å². The number of hydrogen-bond donors (Lipinski definition) is 2. The van der Waals surface area contributed by atoms with Crippen molar-refractivity contribution in [2.24, 2.45) is 16.6 Å². The highest BCUT2D eigenvalue weighted by Crippen LogP contribution is 2.35. The van der Waals surface area contributed by atoms with Gasteiger partial charge in [0.25, 0.3) is 5.56 Å². The molecule has 2 atom stereocenters. The van der Waals surface area contributed by atoms with Crippen molar-refractivity contribution >= 4 is 38.5 Å². The lowest BCUT2D eigenvalue weighted by Crippen LogP contribution is -2.15. The van der Waals surface area contributed by atoms with E-state index in [1.165, 1.54) is 22.2 Å². The Kier molecular flexibility index (Phi) is 5.55. The van der Waals surface area contributed by atoms with E-state index in [1.54, 1.807) is 11.3 Å². The molecule has 0 saturated carbocycles. The van der Waals surface area contributed by atoms with Crippen LogP contribution in [0, 0.1) is 5.92 Å². The predicted octanol–water partition coefficient (Wildman–Crippen LogP) is 4.42. The van der Waals surface area contributed by atoms with Crippen molar-refractivity contribution < 1.29 is 0 Å². The Balaban J connectivity index is 1.51. The summed E-state index contributed by atoms with van der Waals surface area (Å²) in [5.74, 6) is 1.83. The zero-order chi connectivity index (χ0) is 19.7. The molecule has 7 heteroatoms. The van der Waals surface area contributed by atoms with Gasteiger partial charge in [0, 0.05) is 4.88 Å². The van der Waals surface area contributed by atoms with E-state index in [0.717, 1.165) is 35.0 Å². The van der Waals surface area contributed by atoms with E-state index in [1.807, 2.05) is 37.3 Å². The van der Waals surface area contributed by atoms with Crippen LogP contribution < -0.4 is 11.3 Å². The third kappa shape index (κ3) is 4.00. The Morgan fingerprint density at radius 2 is 2.21 bits per heavy atom. The molecule has 2 aromatic heterocycles. The summed E-state index contributed by atoms with van der Waals surface area (Å²) >= 11 is 3.08. The first-order valence-electron chi connectivity index (χ1n) is 9.55. The Morgan fingerprint density at radius 3 is 3.00 bits per heavy atom. The molecule has 1 aliphatic carbocycles. The van der Waals surface area contributed by atoms with Crippen molar-refractivity contribution in [2.75, 3.05) is 0 Å². The second-order valence-corrected chi connectivity index (χ2v) is 9.47. The molecule has 3 N–H and O–H groups in total. The average molecular weight is 413 g/mol. The zero-order valence-electron chi connectivity index (χ0n) is 16.1. The molecule has 146 valence electrons. The first kappa shape index (κ1) is 19.2. The number of aliphatic imine (C=N–C) groups is 1. The standard InChI is InChI=1S/C21H24N4OS2/c1-12-8-9-15-16(10-12)28-20-18(15)19(26)24-17(25-20)11-27-21(22)23-13(2)14-6-4-3-5-7-14/h3-7,12-13H,8-11H2,1-2H3,(H2,22,23)(H,24,25,26)/t12-,13-/m1/s1. The highest BCUT2D eigenvalue weighted by Gasteiger charge is 2.23. The number of nitrogens with two attached hydrogens (primary N) is 1. The molecule has 3 aromatic rings. The van der Waals surface area contributed by atoms with Gasteiger partial charge in [-0.05, 0) is 43.2 Å². The van der Waals surface area contributed by atoms with Gasteiger partial charge < -0.3 is 10.7 Å². The van der Waals surface area contributed by atoms with Gasteiger partial charge in [-0.3, -0.25) is 9.79 Å². The maximum atomic E-state index is 12.7. The van der Waals surface area contributed by atoms with Gasteiger partial charge in [-0.25, -0.2) is 4.98 Å². The van der Waals surface area contributed by atoms with Gasteiger partial charge in [0.2, 0.25) is 0 Å². The van der Waals surface area contributed by atoms with Crippen LogP contribution >= 0.6 is 23.1 Å². The number of nitrogens with one attached hydrogen (secondary N) is 1. The monoisotopic (exact) mass is 412 g/mol. The fraction of sp³-hybridized carbons (Fsp3) is 0.381. The second-order valence-electron chi connectivity index (χ2n) is 7.39. The third-order valence-electron chi connectivity index (χ3n) is 5.17. The topological polar surface area (TPSA) is 84.1 Å². The molecule has 0 unspecified atom stereocenters. The zero-order valence-corrected chi connectivity index (χ0v) is 17.7. The van der Waals surface area contributed by atoms with E-state index < -0.39 is 0 Å². The Hall–Kier alpha value is -2.12. The minimum absolute atomic E-state index is 0.00537. The maximum Gasteiger partial charge on any atom is 0.259 e. The number of aromatic nitrogens is 2. The smallest absolute Gasteiger partial charge is 0.259 e. The highest BCUT2D eigenvalue weighted by atomic mass is 32.2. The minimum Gasteiger partial charge on any atom is -0.379 e. The van der Waals surface area contributed by atoms with Crippen LogP contribution in [0.4, 0.5) is 0 Å². The number of hydrogen-bond acceptors (Lipinski definition) is 5. The quantitative estimate of drug-likeness (QED) is 0.491. The first-order valence-corrected chi connectivity index (χ1v) is 11.4. The number of rotatable bonds is 4. The predicted molar refractivity (Wildman–Crippen MR) is 119 cm³/mol. The fourth-order valence-electron chi connectivity index (χ4n) is 3.64. The summed E-state index contributed by atoms with van der Waals surface area (Å²) in [6.07, 6.45) is 3.17. The molecule has 0 saturated heterocycles. The number of aromatic amines is 1. The number of amidine groups is 1. The molecule has 1 aliphatic rings. The van der Waals surface area contributed by atoms with Crippen molar-refractivity contribution in [3.63, 3.8) is 0 Å². The number of nitrogens with zero attached hydrogens (tertiary/aromatic N) is 2. The number of benzene rings is 1. The normalized spacial score (nSPS) is 18.2. The van der Waals surface area contributed by atoms with Gasteiger partial charge in [-0.15, -0.1) is 11.3 Å². The summed E-state index contributed by atoms with van der Waals surface area (Å²) < 4.78 is 0. The fourth-order valence-corrected chi connectivity index (χ4v) is 5.69. The van der Waals surface area contributed by atoms with Crippen LogP contribution in [0.2, 0.25) is 0 Å². The molecule has 4 rings (SSSR count). The molecule has 0 amide bonds. The van der Waals surface area contributed by atoms with Gasteiger partial charge in [0.15, 0.2) is 5.17 Å². The van der Waals surface area contributed by atoms with Crippen molar-refractivity contribution in [2.45, 2.75) is 44.9 Å². The Labute approximate surface area is 172 Å². The Morgan fingerprint density at radius 1 is 1.43 bits per heavy atom. The molecule has 0 fully saturated rings. The molecule has 0 aliphatic heterocycles.